The first kappa shape index (κ1) is 18.1. The molecule has 1 unspecified atom stereocenters. The van der Waals surface area contributed by atoms with Crippen LogP contribution in [0, 0.1) is 5.92 Å². The lowest BCUT2D eigenvalue weighted by Gasteiger charge is -2.41. The Morgan fingerprint density at radius 1 is 1.13 bits per heavy atom. The van der Waals surface area contributed by atoms with Gasteiger partial charge < -0.3 is 15.0 Å². The average Bonchev–Trinajstić information content (AvgIpc) is 2.61. The molecule has 0 radical (unpaired) electrons. The second-order valence-electron chi connectivity index (χ2n) is 6.38. The summed E-state index contributed by atoms with van der Waals surface area (Å²) in [4.78, 5) is 14.5. The van der Waals surface area contributed by atoms with E-state index >= 15 is 0 Å². The number of hydrogen-bond acceptors (Lipinski definition) is 3. The summed E-state index contributed by atoms with van der Waals surface area (Å²) in [6.07, 6.45) is 5.68. The number of amides is 1. The second kappa shape index (κ2) is 9.14. The number of carbonyl (C=O) groups is 1. The van der Waals surface area contributed by atoms with E-state index in [1.165, 1.54) is 19.3 Å². The molecule has 128 valence electrons. The van der Waals surface area contributed by atoms with Gasteiger partial charge in [-0.1, -0.05) is 30.3 Å². The summed E-state index contributed by atoms with van der Waals surface area (Å²) in [7, 11) is 0. The van der Waals surface area contributed by atoms with Crippen molar-refractivity contribution in [3.63, 3.8) is 0 Å². The molecule has 0 aliphatic carbocycles. The highest BCUT2D eigenvalue weighted by Gasteiger charge is 2.34. The minimum atomic E-state index is -0.132. The predicted octanol–water partition coefficient (Wildman–Crippen LogP) is 3.60. The lowest BCUT2D eigenvalue weighted by atomic mass is 9.84. The van der Waals surface area contributed by atoms with Crippen molar-refractivity contribution in [3.05, 3.63) is 35.9 Å². The Morgan fingerprint density at radius 3 is 2.61 bits per heavy atom. The van der Waals surface area contributed by atoms with Crippen LogP contribution in [-0.4, -0.2) is 36.7 Å². The van der Waals surface area contributed by atoms with Gasteiger partial charge in [0, 0.05) is 12.6 Å². The highest BCUT2D eigenvalue weighted by molar-refractivity contribution is 5.85. The molecule has 3 rings (SSSR count). The maximum atomic E-state index is 12.5. The fourth-order valence-electron chi connectivity index (χ4n) is 3.71. The Morgan fingerprint density at radius 2 is 1.87 bits per heavy atom. The van der Waals surface area contributed by atoms with Crippen molar-refractivity contribution in [1.82, 2.24) is 10.2 Å². The quantitative estimate of drug-likeness (QED) is 0.915. The minimum Gasteiger partial charge on any atom is -0.445 e. The van der Waals surface area contributed by atoms with E-state index in [1.807, 2.05) is 35.2 Å². The molecule has 4 nitrogen and oxygen atoms in total. The number of nitrogens with zero attached hydrogens (tertiary/aromatic N) is 1. The van der Waals surface area contributed by atoms with Crippen LogP contribution in [0.2, 0.25) is 0 Å². The van der Waals surface area contributed by atoms with Gasteiger partial charge in [0.2, 0.25) is 0 Å². The molecule has 1 aromatic rings. The summed E-state index contributed by atoms with van der Waals surface area (Å²) in [6, 6.07) is 10.3. The van der Waals surface area contributed by atoms with Gasteiger partial charge in [0.25, 0.3) is 0 Å². The van der Waals surface area contributed by atoms with Crippen LogP contribution in [-0.2, 0) is 11.3 Å². The third-order valence-electron chi connectivity index (χ3n) is 4.92. The van der Waals surface area contributed by atoms with E-state index in [-0.39, 0.29) is 18.5 Å². The lowest BCUT2D eigenvalue weighted by Crippen LogP contribution is -2.49. The van der Waals surface area contributed by atoms with E-state index in [0.29, 0.717) is 18.6 Å². The summed E-state index contributed by atoms with van der Waals surface area (Å²) in [5.74, 6) is 0.630. The summed E-state index contributed by atoms with van der Waals surface area (Å²) in [5.41, 5.74) is 1.05. The third-order valence-corrected chi connectivity index (χ3v) is 4.92. The van der Waals surface area contributed by atoms with Gasteiger partial charge in [-0.3, -0.25) is 0 Å². The van der Waals surface area contributed by atoms with Crippen LogP contribution in [0.1, 0.15) is 37.7 Å². The molecule has 23 heavy (non-hydrogen) atoms. The van der Waals surface area contributed by atoms with Crippen LogP contribution in [0.25, 0.3) is 0 Å². The molecule has 2 saturated heterocycles. The number of rotatable bonds is 3. The van der Waals surface area contributed by atoms with Gasteiger partial charge in [-0.25, -0.2) is 4.79 Å². The van der Waals surface area contributed by atoms with Crippen molar-refractivity contribution in [2.75, 3.05) is 19.6 Å². The fourth-order valence-corrected chi connectivity index (χ4v) is 3.71. The number of benzene rings is 1. The first-order chi connectivity index (χ1) is 10.8. The molecule has 1 N–H and O–H groups in total. The smallest absolute Gasteiger partial charge is 0.410 e. The zero-order valence-corrected chi connectivity index (χ0v) is 14.4. The zero-order chi connectivity index (χ0) is 15.2. The van der Waals surface area contributed by atoms with E-state index < -0.39 is 0 Å². The molecule has 2 aliphatic heterocycles. The van der Waals surface area contributed by atoms with Crippen LogP contribution >= 0.6 is 12.4 Å². The van der Waals surface area contributed by atoms with E-state index in [1.54, 1.807) is 0 Å². The Kier molecular flexibility index (Phi) is 7.18. The van der Waals surface area contributed by atoms with Crippen LogP contribution in [0.3, 0.4) is 0 Å². The van der Waals surface area contributed by atoms with Gasteiger partial charge in [0.1, 0.15) is 6.61 Å². The third kappa shape index (κ3) is 4.85. The number of piperidine rings is 2. The summed E-state index contributed by atoms with van der Waals surface area (Å²) in [6.45, 7) is 3.37. The first-order valence-corrected chi connectivity index (χ1v) is 8.52. The van der Waals surface area contributed by atoms with Gasteiger partial charge in [-0.2, -0.15) is 0 Å². The number of carbonyl (C=O) groups excluding carboxylic acids is 1. The Labute approximate surface area is 145 Å². The number of nitrogens with one attached hydrogen (secondary N) is 1. The fraction of sp³-hybridized carbons (Fsp3) is 0.611. The van der Waals surface area contributed by atoms with Crippen molar-refractivity contribution in [2.24, 2.45) is 5.92 Å². The molecule has 0 bridgehead atoms. The summed E-state index contributed by atoms with van der Waals surface area (Å²) in [5, 5.41) is 3.41. The van der Waals surface area contributed by atoms with Crippen molar-refractivity contribution >= 4 is 18.5 Å². The molecule has 2 heterocycles. The van der Waals surface area contributed by atoms with E-state index in [2.05, 4.69) is 5.32 Å². The topological polar surface area (TPSA) is 41.6 Å². The molecule has 2 aliphatic rings. The van der Waals surface area contributed by atoms with Gasteiger partial charge in [-0.15, -0.1) is 12.4 Å². The average molecular weight is 339 g/mol. The first-order valence-electron chi connectivity index (χ1n) is 8.52. The van der Waals surface area contributed by atoms with E-state index in [4.69, 9.17) is 4.74 Å². The minimum absolute atomic E-state index is 0. The molecule has 1 amide bonds. The molecular weight excluding hydrogens is 312 g/mol. The summed E-state index contributed by atoms with van der Waals surface area (Å²) >= 11 is 0. The second-order valence-corrected chi connectivity index (χ2v) is 6.38. The molecule has 0 saturated carbocycles. The van der Waals surface area contributed by atoms with Crippen molar-refractivity contribution in [3.8, 4) is 0 Å². The van der Waals surface area contributed by atoms with Crippen molar-refractivity contribution < 1.29 is 9.53 Å². The standard InChI is InChI=1S/C18H26N2O2.ClH/c21-18(22-14-15-6-2-1-3-7-15)20-13-5-4-8-17(20)16-9-11-19-12-10-16;/h1-3,6-7,16-17,19H,4-5,8-14H2;1H. The monoisotopic (exact) mass is 338 g/mol. The largest absolute Gasteiger partial charge is 0.445 e. The highest BCUT2D eigenvalue weighted by atomic mass is 35.5. The molecule has 2 fully saturated rings. The van der Waals surface area contributed by atoms with Crippen LogP contribution in [0.4, 0.5) is 4.79 Å². The predicted molar refractivity (Wildman–Crippen MR) is 93.8 cm³/mol. The van der Waals surface area contributed by atoms with Gasteiger partial charge in [0.15, 0.2) is 0 Å². The number of hydrogen-bond donors (Lipinski definition) is 1. The maximum absolute atomic E-state index is 12.5. The normalized spacial score (nSPS) is 22.3. The molecule has 0 aromatic heterocycles. The van der Waals surface area contributed by atoms with Crippen molar-refractivity contribution in [1.29, 1.82) is 0 Å². The molecule has 1 aromatic carbocycles. The van der Waals surface area contributed by atoms with Gasteiger partial charge >= 0.3 is 6.09 Å². The number of ether oxygens (including phenoxy) is 1. The number of halogens is 1. The molecule has 0 spiro atoms. The Hall–Kier alpha value is -1.26. The summed E-state index contributed by atoms with van der Waals surface area (Å²) < 4.78 is 5.56. The van der Waals surface area contributed by atoms with E-state index in [0.717, 1.165) is 38.0 Å². The lowest BCUT2D eigenvalue weighted by molar-refractivity contribution is 0.0458. The van der Waals surface area contributed by atoms with Crippen LogP contribution < -0.4 is 5.32 Å². The Balaban J connectivity index is 0.00000192. The number of likely N-dealkylation sites (tertiary alicyclic amines) is 1. The van der Waals surface area contributed by atoms with Crippen LogP contribution in [0.5, 0.6) is 0 Å². The van der Waals surface area contributed by atoms with Gasteiger partial charge in [0.05, 0.1) is 0 Å². The molecular formula is C18H27ClN2O2. The molecule has 1 atom stereocenters. The van der Waals surface area contributed by atoms with Crippen molar-refractivity contribution in [2.45, 2.75) is 44.8 Å². The van der Waals surface area contributed by atoms with E-state index in [9.17, 15) is 4.79 Å². The van der Waals surface area contributed by atoms with Crippen LogP contribution in [0.15, 0.2) is 30.3 Å². The SMILES string of the molecule is Cl.O=C(OCc1ccccc1)N1CCCCC1C1CCNCC1. The Bertz CT molecular complexity index is 477. The highest BCUT2D eigenvalue weighted by Crippen LogP contribution is 2.29. The zero-order valence-electron chi connectivity index (χ0n) is 13.6. The maximum Gasteiger partial charge on any atom is 0.410 e. The molecule has 5 heteroatoms. The van der Waals surface area contributed by atoms with Gasteiger partial charge in [-0.05, 0) is 56.7 Å².